The molecule has 1 saturated heterocycles. The van der Waals surface area contributed by atoms with Crippen molar-refractivity contribution < 1.29 is 4.79 Å². The summed E-state index contributed by atoms with van der Waals surface area (Å²) in [5, 5.41) is 3.73. The highest BCUT2D eigenvalue weighted by molar-refractivity contribution is 6.30. The van der Waals surface area contributed by atoms with Crippen molar-refractivity contribution in [2.45, 2.75) is 13.0 Å². The number of hydrogen-bond donors (Lipinski definition) is 1. The molecule has 1 aromatic rings. The van der Waals surface area contributed by atoms with Gasteiger partial charge < -0.3 is 10.2 Å². The van der Waals surface area contributed by atoms with Crippen molar-refractivity contribution in [2.24, 2.45) is 0 Å². The number of nitrogens with zero attached hydrogens (tertiary/aromatic N) is 2. The lowest BCUT2D eigenvalue weighted by Gasteiger charge is -2.32. The van der Waals surface area contributed by atoms with Crippen molar-refractivity contribution in [2.75, 3.05) is 39.8 Å². The van der Waals surface area contributed by atoms with E-state index in [1.807, 2.05) is 31.2 Å². The van der Waals surface area contributed by atoms with Gasteiger partial charge in [-0.15, -0.1) is 0 Å². The molecule has 1 atom stereocenters. The van der Waals surface area contributed by atoms with Crippen LogP contribution in [0.4, 0.5) is 0 Å². The van der Waals surface area contributed by atoms with Crippen molar-refractivity contribution in [3.63, 3.8) is 0 Å². The summed E-state index contributed by atoms with van der Waals surface area (Å²) >= 11 is 5.97. The van der Waals surface area contributed by atoms with E-state index in [0.717, 1.165) is 31.7 Å². The standard InChI is InChI=1S/C15H22ClN3O/c1-12(13-4-3-5-14(16)10-13)17-15(20)11-19-8-6-18(2)7-9-19/h3-5,10,12H,6-9,11H2,1-2H3,(H,17,20). The Morgan fingerprint density at radius 1 is 1.35 bits per heavy atom. The highest BCUT2D eigenvalue weighted by Crippen LogP contribution is 2.17. The first-order valence-electron chi connectivity index (χ1n) is 7.00. The summed E-state index contributed by atoms with van der Waals surface area (Å²) in [6, 6.07) is 7.59. The molecule has 0 radical (unpaired) electrons. The smallest absolute Gasteiger partial charge is 0.234 e. The minimum Gasteiger partial charge on any atom is -0.348 e. The van der Waals surface area contributed by atoms with Crippen LogP contribution in [0.15, 0.2) is 24.3 Å². The van der Waals surface area contributed by atoms with Crippen molar-refractivity contribution in [1.29, 1.82) is 0 Å². The first-order chi connectivity index (χ1) is 9.54. The van der Waals surface area contributed by atoms with Gasteiger partial charge in [0.15, 0.2) is 0 Å². The lowest BCUT2D eigenvalue weighted by molar-refractivity contribution is -0.123. The molecule has 5 heteroatoms. The Hall–Kier alpha value is -1.10. The normalized spacial score (nSPS) is 18.8. The van der Waals surface area contributed by atoms with Crippen LogP contribution in [0.3, 0.4) is 0 Å². The van der Waals surface area contributed by atoms with Gasteiger partial charge in [-0.2, -0.15) is 0 Å². The first-order valence-corrected chi connectivity index (χ1v) is 7.38. The van der Waals surface area contributed by atoms with E-state index >= 15 is 0 Å². The quantitative estimate of drug-likeness (QED) is 0.919. The minimum absolute atomic E-state index is 0.0198. The summed E-state index contributed by atoms with van der Waals surface area (Å²) in [5.41, 5.74) is 1.03. The molecule has 0 bridgehead atoms. The fourth-order valence-corrected chi connectivity index (χ4v) is 2.55. The second-order valence-electron chi connectivity index (χ2n) is 5.42. The SMILES string of the molecule is CC(NC(=O)CN1CCN(C)CC1)c1cccc(Cl)c1. The highest BCUT2D eigenvalue weighted by Gasteiger charge is 2.17. The largest absolute Gasteiger partial charge is 0.348 e. The highest BCUT2D eigenvalue weighted by atomic mass is 35.5. The molecule has 0 spiro atoms. The average Bonchev–Trinajstić information content (AvgIpc) is 2.41. The Balaban J connectivity index is 1.82. The molecule has 1 N–H and O–H groups in total. The predicted molar refractivity (Wildman–Crippen MR) is 81.9 cm³/mol. The molecule has 1 aliphatic heterocycles. The van der Waals surface area contributed by atoms with Gasteiger partial charge in [0.05, 0.1) is 12.6 Å². The summed E-state index contributed by atoms with van der Waals surface area (Å²) < 4.78 is 0. The van der Waals surface area contributed by atoms with Gasteiger partial charge in [-0.25, -0.2) is 0 Å². The summed E-state index contributed by atoms with van der Waals surface area (Å²) in [6.45, 7) is 6.41. The van der Waals surface area contributed by atoms with Crippen LogP contribution in [0.2, 0.25) is 5.02 Å². The number of likely N-dealkylation sites (N-methyl/N-ethyl adjacent to an activating group) is 1. The van der Waals surface area contributed by atoms with E-state index in [-0.39, 0.29) is 11.9 Å². The predicted octanol–water partition coefficient (Wildman–Crippen LogP) is 1.76. The maximum absolute atomic E-state index is 12.1. The molecule has 1 aromatic carbocycles. The lowest BCUT2D eigenvalue weighted by Crippen LogP contribution is -2.48. The number of nitrogens with one attached hydrogen (secondary N) is 1. The Morgan fingerprint density at radius 2 is 2.05 bits per heavy atom. The number of halogens is 1. The van der Waals surface area contributed by atoms with Gasteiger partial charge in [0.25, 0.3) is 0 Å². The number of carbonyl (C=O) groups excluding carboxylic acids is 1. The van der Waals surface area contributed by atoms with E-state index in [9.17, 15) is 4.79 Å². The maximum atomic E-state index is 12.1. The number of carbonyl (C=O) groups is 1. The average molecular weight is 296 g/mol. The molecule has 1 amide bonds. The third-order valence-corrected chi connectivity index (χ3v) is 3.92. The van der Waals surface area contributed by atoms with Crippen LogP contribution in [0.1, 0.15) is 18.5 Å². The topological polar surface area (TPSA) is 35.6 Å². The number of amides is 1. The fraction of sp³-hybridized carbons (Fsp3) is 0.533. The van der Waals surface area contributed by atoms with Gasteiger partial charge in [0.1, 0.15) is 0 Å². The molecule has 0 saturated carbocycles. The number of piperazine rings is 1. The van der Waals surface area contributed by atoms with Gasteiger partial charge in [-0.1, -0.05) is 23.7 Å². The van der Waals surface area contributed by atoms with Crippen LogP contribution in [0.5, 0.6) is 0 Å². The molecule has 110 valence electrons. The third-order valence-electron chi connectivity index (χ3n) is 3.69. The molecule has 4 nitrogen and oxygen atoms in total. The molecule has 1 fully saturated rings. The van der Waals surface area contributed by atoms with Gasteiger partial charge in [-0.3, -0.25) is 9.69 Å². The van der Waals surface area contributed by atoms with Crippen LogP contribution in [0, 0.1) is 0 Å². The van der Waals surface area contributed by atoms with E-state index in [2.05, 4.69) is 22.2 Å². The number of hydrogen-bond acceptors (Lipinski definition) is 3. The molecular weight excluding hydrogens is 274 g/mol. The van der Waals surface area contributed by atoms with Gasteiger partial charge >= 0.3 is 0 Å². The van der Waals surface area contributed by atoms with Crippen LogP contribution >= 0.6 is 11.6 Å². The second-order valence-corrected chi connectivity index (χ2v) is 5.86. The summed E-state index contributed by atoms with van der Waals surface area (Å²) in [5.74, 6) is 0.0713. The van der Waals surface area contributed by atoms with Gasteiger partial charge in [0, 0.05) is 31.2 Å². The lowest BCUT2D eigenvalue weighted by atomic mass is 10.1. The van der Waals surface area contributed by atoms with E-state index in [4.69, 9.17) is 11.6 Å². The van der Waals surface area contributed by atoms with Crippen molar-refractivity contribution in [3.8, 4) is 0 Å². The zero-order valence-electron chi connectivity index (χ0n) is 12.1. The van der Waals surface area contributed by atoms with Crippen molar-refractivity contribution in [1.82, 2.24) is 15.1 Å². The van der Waals surface area contributed by atoms with Crippen LogP contribution in [-0.4, -0.2) is 55.5 Å². The first kappa shape index (κ1) is 15.3. The molecule has 0 aliphatic carbocycles. The monoisotopic (exact) mass is 295 g/mol. The Bertz CT molecular complexity index is 458. The number of benzene rings is 1. The van der Waals surface area contributed by atoms with Crippen LogP contribution in [-0.2, 0) is 4.79 Å². The van der Waals surface area contributed by atoms with Crippen molar-refractivity contribution >= 4 is 17.5 Å². The molecule has 1 heterocycles. The van der Waals surface area contributed by atoms with Crippen molar-refractivity contribution in [3.05, 3.63) is 34.9 Å². The number of rotatable bonds is 4. The Labute approximate surface area is 125 Å². The summed E-state index contributed by atoms with van der Waals surface area (Å²) in [7, 11) is 2.11. The minimum atomic E-state index is -0.0198. The zero-order chi connectivity index (χ0) is 14.5. The molecule has 2 rings (SSSR count). The second kappa shape index (κ2) is 7.07. The van der Waals surface area contributed by atoms with Gasteiger partial charge in [0.2, 0.25) is 5.91 Å². The van der Waals surface area contributed by atoms with E-state index < -0.39 is 0 Å². The molecule has 0 aromatic heterocycles. The summed E-state index contributed by atoms with van der Waals surface area (Å²) in [6.07, 6.45) is 0. The summed E-state index contributed by atoms with van der Waals surface area (Å²) in [4.78, 5) is 16.5. The molecule has 1 unspecified atom stereocenters. The molecular formula is C15H22ClN3O. The van der Waals surface area contributed by atoms with E-state index in [1.54, 1.807) is 0 Å². The van der Waals surface area contributed by atoms with Crippen LogP contribution in [0.25, 0.3) is 0 Å². The zero-order valence-corrected chi connectivity index (χ0v) is 12.9. The third kappa shape index (κ3) is 4.47. The van der Waals surface area contributed by atoms with E-state index in [0.29, 0.717) is 11.6 Å². The molecule has 1 aliphatic rings. The Kier molecular flexibility index (Phi) is 5.40. The molecule has 20 heavy (non-hydrogen) atoms. The fourth-order valence-electron chi connectivity index (χ4n) is 2.36. The van der Waals surface area contributed by atoms with Gasteiger partial charge in [-0.05, 0) is 31.7 Å². The van der Waals surface area contributed by atoms with Crippen LogP contribution < -0.4 is 5.32 Å². The Morgan fingerprint density at radius 3 is 2.70 bits per heavy atom. The maximum Gasteiger partial charge on any atom is 0.234 e. The van der Waals surface area contributed by atoms with E-state index in [1.165, 1.54) is 0 Å².